The highest BCUT2D eigenvalue weighted by Crippen LogP contribution is 2.32. The fourth-order valence-electron chi connectivity index (χ4n) is 4.21. The number of carbonyl (C=O) groups excluding carboxylic acids is 1. The number of rotatable bonds is 12. The van der Waals surface area contributed by atoms with Crippen LogP contribution < -0.4 is 5.43 Å². The molecular formula is C41H40F5N3O3S. The van der Waals surface area contributed by atoms with E-state index in [9.17, 15) is 27.6 Å². The lowest BCUT2D eigenvalue weighted by Gasteiger charge is -2.39. The number of piperidine rings is 1. The summed E-state index contributed by atoms with van der Waals surface area (Å²) in [5.41, 5.74) is -16.0. The molecule has 1 amide bonds. The largest absolute Gasteiger partial charge is 0.416 e. The number of benzene rings is 4. The van der Waals surface area contributed by atoms with E-state index >= 15 is 13.6 Å². The molecule has 0 spiro atoms. The van der Waals surface area contributed by atoms with Crippen LogP contribution in [0.3, 0.4) is 0 Å². The van der Waals surface area contributed by atoms with Gasteiger partial charge in [0.05, 0.1) is 50.1 Å². The Morgan fingerprint density at radius 1 is 1.02 bits per heavy atom. The number of nitrogens with zero attached hydrogens (tertiary/aromatic N) is 3. The molecular weight excluding hydrogens is 710 g/mol. The van der Waals surface area contributed by atoms with Gasteiger partial charge >= 0.3 is 6.18 Å². The zero-order chi connectivity index (χ0) is 64.2. The number of carbonyl (C=O) groups is 1. The first-order valence-corrected chi connectivity index (χ1v) is 15.3. The van der Waals surface area contributed by atoms with Crippen molar-refractivity contribution in [2.75, 3.05) is 33.2 Å². The number of ether oxygens (including phenoxy) is 1. The van der Waals surface area contributed by atoms with E-state index in [0.717, 1.165) is 6.92 Å². The number of amides is 1. The molecule has 2 heterocycles. The molecule has 1 fully saturated rings. The number of aromatic nitrogens is 1. The minimum absolute atomic E-state index is 0.0361. The molecule has 12 heteroatoms. The van der Waals surface area contributed by atoms with Crippen molar-refractivity contribution in [3.63, 3.8) is 0 Å². The molecule has 6 nitrogen and oxygen atoms in total. The average Bonchev–Trinajstić information content (AvgIpc) is 0.898. The molecule has 1 aliphatic heterocycles. The molecule has 0 radical (unpaired) electrons. The molecule has 1 aliphatic rings. The Hall–Kier alpha value is -4.52. The normalized spacial score (nSPS) is 27.5. The van der Waals surface area contributed by atoms with Crippen LogP contribution in [0.15, 0.2) is 100 Å². The summed E-state index contributed by atoms with van der Waals surface area (Å²) in [5.74, 6) is -7.11. The van der Waals surface area contributed by atoms with Gasteiger partial charge in [-0.1, -0.05) is 59.9 Å². The van der Waals surface area contributed by atoms with Gasteiger partial charge in [-0.3, -0.25) is 9.59 Å². The second-order valence-electron chi connectivity index (χ2n) is 10.2. The minimum atomic E-state index is -5.59. The highest BCUT2D eigenvalue weighted by atomic mass is 32.2. The van der Waals surface area contributed by atoms with Crippen LogP contribution in [0.5, 0.6) is 0 Å². The van der Waals surface area contributed by atoms with E-state index in [0.29, 0.717) is 7.11 Å². The summed E-state index contributed by atoms with van der Waals surface area (Å²) in [6.45, 7) is -20.0. The third-order valence-electron chi connectivity index (χ3n) is 6.66. The van der Waals surface area contributed by atoms with E-state index in [1.165, 1.54) is 0 Å². The highest BCUT2D eigenvalue weighted by molar-refractivity contribution is 7.98. The van der Waals surface area contributed by atoms with Crippen LogP contribution in [-0.4, -0.2) is 59.5 Å². The third-order valence-corrected chi connectivity index (χ3v) is 7.48. The molecule has 0 aliphatic carbocycles. The molecule has 0 unspecified atom stereocenters. The second kappa shape index (κ2) is 16.7. The number of pyridine rings is 1. The van der Waals surface area contributed by atoms with E-state index in [1.54, 1.807) is 0 Å². The SMILES string of the molecule is [2H]c1c([2H])c(F)c(F)c(C([2H])([2H])Sc2c([2H])c(=O)c3c([2H])c(C)c([2H])c([2H])c3n2CC(=O)N(C([2H])([2H])c2c([2H])c([2H])c(-c3c([2H])c([2H])c(C(F)(F)F)c([2H])c3[2H])c([2H])c2[2H])C2([2H])C([2H])([2H])C([2H])([2H])N(CC([2H])([2H])OC)C([2H])([2H])C2([2H])[2H])c1[2H]. The number of hydrogen-bond acceptors (Lipinski definition) is 5. The van der Waals surface area contributed by atoms with E-state index in [-0.39, 0.29) is 4.57 Å². The van der Waals surface area contributed by atoms with E-state index < -0.39 is 254 Å². The quantitative estimate of drug-likeness (QED) is 0.0938. The Bertz CT molecular complexity index is 3560. The summed E-state index contributed by atoms with van der Waals surface area (Å²) in [6, 6.07) is -28.9. The first-order chi connectivity index (χ1) is 37.3. The molecule has 0 N–H and O–H groups in total. The van der Waals surface area contributed by atoms with Crippen LogP contribution in [0.1, 0.15) is 76.1 Å². The van der Waals surface area contributed by atoms with Gasteiger partial charge in [-0.15, -0.1) is 11.8 Å². The van der Waals surface area contributed by atoms with Gasteiger partial charge in [0.25, 0.3) is 0 Å². The molecule has 4 aromatic carbocycles. The highest BCUT2D eigenvalue weighted by Gasteiger charge is 2.31. The maximum atomic E-state index is 15.9. The van der Waals surface area contributed by atoms with Gasteiger partial charge in [-0.2, -0.15) is 13.2 Å². The van der Waals surface area contributed by atoms with E-state index in [4.69, 9.17) is 31.5 Å². The van der Waals surface area contributed by atoms with Gasteiger partial charge in [0.15, 0.2) is 17.1 Å². The average molecular weight is 780 g/mol. The first-order valence-electron chi connectivity index (χ1n) is 29.5. The summed E-state index contributed by atoms with van der Waals surface area (Å²) >= 11 is -0.660. The molecule has 0 atom stereocenters. The van der Waals surface area contributed by atoms with Gasteiger partial charge in [-0.25, -0.2) is 8.78 Å². The van der Waals surface area contributed by atoms with Gasteiger partial charge < -0.3 is 19.1 Å². The lowest BCUT2D eigenvalue weighted by atomic mass is 10.00. The summed E-state index contributed by atoms with van der Waals surface area (Å²) < 4.78 is 342. The Balaban J connectivity index is 1.82. The van der Waals surface area contributed by atoms with Crippen LogP contribution in [-0.2, 0) is 34.5 Å². The maximum Gasteiger partial charge on any atom is 0.416 e. The van der Waals surface area contributed by atoms with Gasteiger partial charge in [-0.05, 0) is 66.6 Å². The van der Waals surface area contributed by atoms with Crippen molar-refractivity contribution in [3.05, 3.63) is 135 Å². The molecule has 278 valence electrons. The van der Waals surface area contributed by atoms with Gasteiger partial charge in [0.2, 0.25) is 5.91 Å². The van der Waals surface area contributed by atoms with E-state index in [1.807, 2.05) is 0 Å². The molecule has 53 heavy (non-hydrogen) atoms. The fraction of sp³-hybridized carbons (Fsp3) is 0.317. The number of alkyl halides is 3. The van der Waals surface area contributed by atoms with Crippen molar-refractivity contribution < 1.29 is 72.6 Å². The standard InChI is InChI=1S/C41H40F5N3O3S/c1-27-6-15-36-34(22-27)37(50)23-39(53-26-31-4-3-5-35(42)40(31)43)49(36)25-38(51)48(33-16-18-47(19-17-33)20-21-52-2)24-28-7-9-29(10-8-28)30-11-13-32(14-12-30)41(44,45)46/h3-15,22-23,33H,16-21,24-26H2,1-2H3/i3D,4D,5D,6D,7D,8D,9D,10D,11D,12D,13D,14D,15D,16D2,17D2,18D2,19D2,21D2,22D,23D,24D2,26D2,33D. The maximum absolute atomic E-state index is 15.9. The zero-order valence-corrected chi connectivity index (χ0v) is 27.6. The number of hydrogen-bond donors (Lipinski definition) is 0. The molecule has 1 saturated heterocycles. The second-order valence-corrected chi connectivity index (χ2v) is 11.0. The number of halogens is 5. The lowest BCUT2D eigenvalue weighted by molar-refractivity contribution is -0.137. The number of fused-ring (bicyclic) bond motifs is 1. The third kappa shape index (κ3) is 9.17. The Morgan fingerprint density at radius 2 is 1.70 bits per heavy atom. The lowest BCUT2D eigenvalue weighted by Crippen LogP contribution is -2.48. The van der Waals surface area contributed by atoms with Crippen molar-refractivity contribution in [1.82, 2.24) is 14.4 Å². The predicted octanol–water partition coefficient (Wildman–Crippen LogP) is 8.71. The number of methoxy groups -OCH3 is 1. The molecule has 1 aromatic heterocycles. The smallest absolute Gasteiger partial charge is 0.383 e. The summed E-state index contributed by atoms with van der Waals surface area (Å²) in [7, 11) is 0.648. The Kier molecular flexibility index (Phi) is 4.93. The summed E-state index contributed by atoms with van der Waals surface area (Å²) in [6.07, 6.45) is -15.2. The predicted molar refractivity (Wildman–Crippen MR) is 198 cm³/mol. The van der Waals surface area contributed by atoms with Crippen LogP contribution in [0.25, 0.3) is 22.0 Å². The molecule has 0 bridgehead atoms. The molecule has 6 rings (SSSR count). The topological polar surface area (TPSA) is 54.8 Å². The van der Waals surface area contributed by atoms with Crippen molar-refractivity contribution in [2.24, 2.45) is 0 Å². The van der Waals surface area contributed by atoms with E-state index in [2.05, 4.69) is 4.74 Å². The fourth-order valence-corrected chi connectivity index (χ4v) is 4.96. The van der Waals surface area contributed by atoms with Crippen LogP contribution in [0.4, 0.5) is 22.0 Å². The van der Waals surface area contributed by atoms with Crippen molar-refractivity contribution in [1.29, 1.82) is 0 Å². The number of thioether (sulfide) groups is 1. The zero-order valence-electron chi connectivity index (χ0n) is 56.8. The van der Waals surface area contributed by atoms with Crippen LogP contribution >= 0.6 is 11.8 Å². The molecule has 0 saturated carbocycles. The van der Waals surface area contributed by atoms with Gasteiger partial charge in [0, 0.05) is 75.6 Å². The summed E-state index contributed by atoms with van der Waals surface area (Å²) in [4.78, 5) is 28.5. The monoisotopic (exact) mass is 779 g/mol. The molecule has 5 aromatic rings. The van der Waals surface area contributed by atoms with Crippen molar-refractivity contribution in [3.8, 4) is 11.1 Å². The summed E-state index contributed by atoms with van der Waals surface area (Å²) in [5, 5.41) is -2.60. The van der Waals surface area contributed by atoms with Gasteiger partial charge in [0.1, 0.15) is 6.54 Å². The number of likely N-dealkylation sites (tertiary alicyclic amines) is 1. The first kappa shape index (κ1) is 15.7. The van der Waals surface area contributed by atoms with Crippen molar-refractivity contribution >= 4 is 28.6 Å². The Morgan fingerprint density at radius 3 is 2.36 bits per heavy atom. The van der Waals surface area contributed by atoms with Crippen LogP contribution in [0.2, 0.25) is 0 Å². The van der Waals surface area contributed by atoms with Crippen molar-refractivity contribution in [2.45, 2.75) is 55.6 Å². The minimum Gasteiger partial charge on any atom is -0.383 e. The van der Waals surface area contributed by atoms with Crippen LogP contribution in [0, 0.1) is 18.6 Å². The Labute approximate surface area is 351 Å².